The number of urea groups is 1. The Morgan fingerprint density at radius 1 is 1.14 bits per heavy atom. The number of nitrogens with one attached hydrogen (secondary N) is 2. The Morgan fingerprint density at radius 3 is 2.52 bits per heavy atom. The molecule has 3 aromatic rings. The fourth-order valence-electron chi connectivity index (χ4n) is 3.12. The molecule has 0 aliphatic carbocycles. The highest BCUT2D eigenvalue weighted by Gasteiger charge is 2.50. The third kappa shape index (κ3) is 3.24. The Morgan fingerprint density at radius 2 is 1.83 bits per heavy atom. The first-order valence-electron chi connectivity index (χ1n) is 8.32. The van der Waals surface area contributed by atoms with Gasteiger partial charge in [-0.15, -0.1) is 11.3 Å². The summed E-state index contributed by atoms with van der Waals surface area (Å²) in [7, 11) is 0. The van der Waals surface area contributed by atoms with E-state index in [9.17, 15) is 14.4 Å². The smallest absolute Gasteiger partial charge is 0.318 e. The number of fused-ring (bicyclic) bond motifs is 1. The van der Waals surface area contributed by atoms with Crippen LogP contribution in [-0.2, 0) is 10.3 Å². The first-order valence-corrected chi connectivity index (χ1v) is 10.3. The Balaban J connectivity index is 1.65. The minimum Gasteiger partial charge on any atom is -0.318 e. The van der Waals surface area contributed by atoms with Crippen LogP contribution in [0.4, 0.5) is 4.79 Å². The number of halogens is 3. The van der Waals surface area contributed by atoms with Gasteiger partial charge in [0.2, 0.25) is 0 Å². The van der Waals surface area contributed by atoms with E-state index < -0.39 is 23.4 Å². The Kier molecular flexibility index (Phi) is 4.94. The van der Waals surface area contributed by atoms with Gasteiger partial charge in [-0.1, -0.05) is 65.1 Å². The summed E-state index contributed by atoms with van der Waals surface area (Å²) in [5.74, 6) is -1.32. The molecule has 0 radical (unpaired) electrons. The van der Waals surface area contributed by atoms with Crippen LogP contribution in [0.5, 0.6) is 0 Å². The highest BCUT2D eigenvalue weighted by Crippen LogP contribution is 2.41. The van der Waals surface area contributed by atoms with Crippen LogP contribution in [0.3, 0.4) is 0 Å². The topological polar surface area (TPSA) is 78.5 Å². The summed E-state index contributed by atoms with van der Waals surface area (Å²) < 4.78 is 0.615. The van der Waals surface area contributed by atoms with Gasteiger partial charge in [-0.3, -0.25) is 15.0 Å². The normalized spacial score (nSPS) is 19.0. The number of hydrazine groups is 1. The van der Waals surface area contributed by atoms with Crippen molar-refractivity contribution in [3.63, 3.8) is 0 Å². The van der Waals surface area contributed by atoms with Crippen LogP contribution in [-0.4, -0.2) is 22.9 Å². The highest BCUT2D eigenvalue weighted by atomic mass is 35.5. The highest BCUT2D eigenvalue weighted by molar-refractivity contribution is 7.21. The van der Waals surface area contributed by atoms with Crippen LogP contribution in [0.1, 0.15) is 22.2 Å². The van der Waals surface area contributed by atoms with Crippen molar-refractivity contribution < 1.29 is 14.4 Å². The molecule has 2 N–H and O–H groups in total. The number of benzene rings is 2. The number of amides is 4. The van der Waals surface area contributed by atoms with Crippen molar-refractivity contribution in [2.24, 2.45) is 0 Å². The molecule has 1 aliphatic rings. The molecular formula is C19H12Cl3N3O3S. The number of carbonyl (C=O) groups excluding carboxylic acids is 3. The molecule has 1 atom stereocenters. The Hall–Kier alpha value is -2.32. The zero-order valence-corrected chi connectivity index (χ0v) is 17.8. The fraction of sp³-hybridized carbons (Fsp3) is 0.105. The molecule has 2 aromatic carbocycles. The van der Waals surface area contributed by atoms with Gasteiger partial charge in [0, 0.05) is 15.1 Å². The fourth-order valence-corrected chi connectivity index (χ4v) is 5.39. The van der Waals surface area contributed by atoms with Crippen LogP contribution >= 0.6 is 46.1 Å². The van der Waals surface area contributed by atoms with Crippen LogP contribution in [0.2, 0.25) is 15.1 Å². The van der Waals surface area contributed by atoms with Gasteiger partial charge in [-0.2, -0.15) is 5.01 Å². The summed E-state index contributed by atoms with van der Waals surface area (Å²) in [4.78, 5) is 38.2. The third-order valence-corrected chi connectivity index (χ3v) is 6.75. The zero-order valence-electron chi connectivity index (χ0n) is 14.8. The van der Waals surface area contributed by atoms with Gasteiger partial charge in [0.1, 0.15) is 10.4 Å². The monoisotopic (exact) mass is 467 g/mol. The first kappa shape index (κ1) is 20.0. The molecule has 1 aromatic heterocycles. The second kappa shape index (κ2) is 7.18. The third-order valence-electron chi connectivity index (χ3n) is 4.61. The van der Waals surface area contributed by atoms with Gasteiger partial charge >= 0.3 is 6.03 Å². The molecule has 0 spiro atoms. The summed E-state index contributed by atoms with van der Waals surface area (Å²) in [6.45, 7) is 1.57. The van der Waals surface area contributed by atoms with Gasteiger partial charge in [-0.25, -0.2) is 4.79 Å². The quantitative estimate of drug-likeness (QED) is 0.533. The van der Waals surface area contributed by atoms with Crippen LogP contribution in [0.25, 0.3) is 10.1 Å². The van der Waals surface area contributed by atoms with Gasteiger partial charge < -0.3 is 5.32 Å². The molecule has 29 heavy (non-hydrogen) atoms. The van der Waals surface area contributed by atoms with Crippen molar-refractivity contribution in [1.82, 2.24) is 15.8 Å². The van der Waals surface area contributed by atoms with Crippen molar-refractivity contribution in [3.05, 3.63) is 68.0 Å². The van der Waals surface area contributed by atoms with E-state index in [2.05, 4.69) is 10.7 Å². The summed E-state index contributed by atoms with van der Waals surface area (Å²) >= 11 is 19.6. The molecule has 10 heteroatoms. The summed E-state index contributed by atoms with van der Waals surface area (Å²) in [5, 5.41) is 4.59. The number of hydrogen-bond acceptors (Lipinski definition) is 4. The van der Waals surface area contributed by atoms with E-state index in [1.54, 1.807) is 43.3 Å². The lowest BCUT2D eigenvalue weighted by Gasteiger charge is -2.22. The minimum absolute atomic E-state index is 0.111. The molecule has 148 valence electrons. The lowest BCUT2D eigenvalue weighted by atomic mass is 9.92. The predicted molar refractivity (Wildman–Crippen MR) is 113 cm³/mol. The maximum absolute atomic E-state index is 12.9. The van der Waals surface area contributed by atoms with E-state index >= 15 is 0 Å². The van der Waals surface area contributed by atoms with E-state index in [-0.39, 0.29) is 9.90 Å². The molecule has 2 heterocycles. The number of rotatable bonds is 3. The van der Waals surface area contributed by atoms with Crippen LogP contribution in [0.15, 0.2) is 42.5 Å². The van der Waals surface area contributed by atoms with Crippen molar-refractivity contribution >= 4 is 74.1 Å². The summed E-state index contributed by atoms with van der Waals surface area (Å²) in [5.41, 5.74) is 1.63. The second-order valence-electron chi connectivity index (χ2n) is 6.51. The lowest BCUT2D eigenvalue weighted by Crippen LogP contribution is -2.47. The SMILES string of the molecule is CC1(c2ccccc2)NC(=O)N(NC(=O)c2sc3cc(Cl)cc(Cl)c3c2Cl)C1=O. The number of imide groups is 1. The zero-order chi connectivity index (χ0) is 20.9. The predicted octanol–water partition coefficient (Wildman–Crippen LogP) is 4.97. The van der Waals surface area contributed by atoms with Crippen molar-refractivity contribution in [1.29, 1.82) is 0 Å². The molecule has 4 amide bonds. The molecule has 1 fully saturated rings. The maximum Gasteiger partial charge on any atom is 0.344 e. The molecule has 0 bridgehead atoms. The van der Waals surface area contributed by atoms with Gasteiger partial charge in [-0.05, 0) is 24.6 Å². The van der Waals surface area contributed by atoms with E-state index in [1.807, 2.05) is 0 Å². The van der Waals surface area contributed by atoms with Crippen molar-refractivity contribution in [2.45, 2.75) is 12.5 Å². The van der Waals surface area contributed by atoms with E-state index in [0.717, 1.165) is 11.3 Å². The average molecular weight is 469 g/mol. The second-order valence-corrected chi connectivity index (χ2v) is 8.78. The van der Waals surface area contributed by atoms with Crippen LogP contribution < -0.4 is 10.7 Å². The maximum atomic E-state index is 12.9. The van der Waals surface area contributed by atoms with Gasteiger partial charge in [0.25, 0.3) is 11.8 Å². The number of thiophene rings is 1. The Labute approximate surface area is 184 Å². The lowest BCUT2D eigenvalue weighted by molar-refractivity contribution is -0.132. The van der Waals surface area contributed by atoms with Gasteiger partial charge in [0.15, 0.2) is 0 Å². The molecule has 4 rings (SSSR count). The summed E-state index contributed by atoms with van der Waals surface area (Å²) in [6, 6.07) is 11.2. The Bertz CT molecular complexity index is 1180. The average Bonchev–Trinajstić information content (AvgIpc) is 3.12. The van der Waals surface area contributed by atoms with Crippen molar-refractivity contribution in [3.8, 4) is 0 Å². The first-order chi connectivity index (χ1) is 13.7. The standard InChI is InChI=1S/C19H12Cl3N3O3S/c1-19(9-5-3-2-4-6-9)17(27)25(18(28)23-19)24-16(26)15-14(22)13-11(21)7-10(20)8-12(13)29-15/h2-8H,1H3,(H,23,28)(H,24,26). The molecule has 1 unspecified atom stereocenters. The van der Waals surface area contributed by atoms with Gasteiger partial charge in [0.05, 0.1) is 10.0 Å². The molecule has 1 saturated heterocycles. The van der Waals surface area contributed by atoms with Crippen LogP contribution in [0, 0.1) is 0 Å². The molecule has 6 nitrogen and oxygen atoms in total. The molecular weight excluding hydrogens is 457 g/mol. The number of carbonyl (C=O) groups is 3. The largest absolute Gasteiger partial charge is 0.344 e. The number of hydrogen-bond donors (Lipinski definition) is 2. The van der Waals surface area contributed by atoms with E-state index in [4.69, 9.17) is 34.8 Å². The minimum atomic E-state index is -1.30. The molecule has 0 saturated carbocycles. The number of nitrogens with zero attached hydrogens (tertiary/aromatic N) is 1. The van der Waals surface area contributed by atoms with E-state index in [1.165, 1.54) is 6.07 Å². The van der Waals surface area contributed by atoms with E-state index in [0.29, 0.717) is 30.7 Å². The summed E-state index contributed by atoms with van der Waals surface area (Å²) in [6.07, 6.45) is 0. The molecule has 1 aliphatic heterocycles. The van der Waals surface area contributed by atoms with Crippen molar-refractivity contribution in [2.75, 3.05) is 0 Å².